The topological polar surface area (TPSA) is 69.0 Å². The first-order chi connectivity index (χ1) is 9.72. The van der Waals surface area contributed by atoms with E-state index in [2.05, 4.69) is 15.4 Å². The molecule has 1 N–H and O–H groups in total. The van der Waals surface area contributed by atoms with Crippen molar-refractivity contribution < 1.29 is 9.53 Å². The van der Waals surface area contributed by atoms with Gasteiger partial charge < -0.3 is 10.1 Å². The van der Waals surface area contributed by atoms with Crippen molar-refractivity contribution in [1.29, 1.82) is 0 Å². The Morgan fingerprint density at radius 2 is 2.25 bits per heavy atom. The van der Waals surface area contributed by atoms with Crippen molar-refractivity contribution in [2.24, 2.45) is 0 Å². The molecule has 6 heteroatoms. The number of amides is 1. The predicted octanol–water partition coefficient (Wildman–Crippen LogP) is 1.21. The molecular weight excluding hydrogens is 256 g/mol. The molecule has 0 spiro atoms. The van der Waals surface area contributed by atoms with Gasteiger partial charge in [-0.1, -0.05) is 18.2 Å². The molecule has 6 nitrogen and oxygen atoms in total. The van der Waals surface area contributed by atoms with Crippen LogP contribution in [-0.2, 0) is 11.2 Å². The van der Waals surface area contributed by atoms with Crippen molar-refractivity contribution in [3.8, 4) is 5.75 Å². The van der Waals surface area contributed by atoms with Gasteiger partial charge in [0.25, 0.3) is 0 Å². The lowest BCUT2D eigenvalue weighted by molar-refractivity contribution is -0.124. The summed E-state index contributed by atoms with van der Waals surface area (Å²) < 4.78 is 6.80. The van der Waals surface area contributed by atoms with Crippen LogP contribution in [0.25, 0.3) is 0 Å². The third-order valence-electron chi connectivity index (χ3n) is 3.10. The van der Waals surface area contributed by atoms with Gasteiger partial charge in [-0.25, -0.2) is 9.67 Å². The zero-order chi connectivity index (χ0) is 14.4. The second kappa shape index (κ2) is 6.70. The molecule has 20 heavy (non-hydrogen) atoms. The van der Waals surface area contributed by atoms with Gasteiger partial charge in [-0.15, -0.1) is 0 Å². The van der Waals surface area contributed by atoms with E-state index in [0.29, 0.717) is 6.54 Å². The largest absolute Gasteiger partial charge is 0.496 e. The van der Waals surface area contributed by atoms with Crippen LogP contribution in [0, 0.1) is 0 Å². The minimum Gasteiger partial charge on any atom is -0.496 e. The molecule has 2 rings (SSSR count). The van der Waals surface area contributed by atoms with Crippen molar-refractivity contribution in [2.45, 2.75) is 19.4 Å². The van der Waals surface area contributed by atoms with Gasteiger partial charge in [0.05, 0.1) is 7.11 Å². The summed E-state index contributed by atoms with van der Waals surface area (Å²) in [5, 5.41) is 6.84. The number of nitrogens with zero attached hydrogens (tertiary/aromatic N) is 3. The summed E-state index contributed by atoms with van der Waals surface area (Å²) in [4.78, 5) is 15.8. The number of hydrogen-bond acceptors (Lipinski definition) is 4. The maximum atomic E-state index is 12.0. The molecule has 0 radical (unpaired) electrons. The maximum Gasteiger partial charge on any atom is 0.244 e. The van der Waals surface area contributed by atoms with Crippen molar-refractivity contribution in [3.63, 3.8) is 0 Å². The van der Waals surface area contributed by atoms with Crippen LogP contribution in [-0.4, -0.2) is 34.3 Å². The van der Waals surface area contributed by atoms with Crippen molar-refractivity contribution in [2.75, 3.05) is 13.7 Å². The zero-order valence-corrected chi connectivity index (χ0v) is 11.6. The Balaban J connectivity index is 1.85. The highest BCUT2D eigenvalue weighted by Gasteiger charge is 2.14. The van der Waals surface area contributed by atoms with Gasteiger partial charge in [-0.3, -0.25) is 4.79 Å². The van der Waals surface area contributed by atoms with Crippen LogP contribution >= 0.6 is 0 Å². The predicted molar refractivity (Wildman–Crippen MR) is 74.4 cm³/mol. The van der Waals surface area contributed by atoms with Crippen molar-refractivity contribution in [1.82, 2.24) is 20.1 Å². The fourth-order valence-electron chi connectivity index (χ4n) is 1.92. The second-order valence-electron chi connectivity index (χ2n) is 4.40. The van der Waals surface area contributed by atoms with Crippen LogP contribution < -0.4 is 10.1 Å². The quantitative estimate of drug-likeness (QED) is 0.859. The molecular formula is C14H18N4O2. The fraction of sp³-hybridized carbons (Fsp3) is 0.357. The summed E-state index contributed by atoms with van der Waals surface area (Å²) >= 11 is 0. The van der Waals surface area contributed by atoms with E-state index in [1.165, 1.54) is 17.3 Å². The molecule has 1 amide bonds. The Hall–Kier alpha value is -2.37. The summed E-state index contributed by atoms with van der Waals surface area (Å²) in [6.45, 7) is 2.34. The maximum absolute atomic E-state index is 12.0. The van der Waals surface area contributed by atoms with E-state index in [0.717, 1.165) is 17.7 Å². The van der Waals surface area contributed by atoms with E-state index in [9.17, 15) is 4.79 Å². The first kappa shape index (κ1) is 14.0. The van der Waals surface area contributed by atoms with Crippen LogP contribution in [0.2, 0.25) is 0 Å². The molecule has 2 aromatic rings. The lowest BCUT2D eigenvalue weighted by atomic mass is 10.1. The number of para-hydroxylation sites is 1. The molecule has 0 bridgehead atoms. The number of aromatic nitrogens is 3. The molecule has 1 heterocycles. The number of methoxy groups -OCH3 is 1. The van der Waals surface area contributed by atoms with Crippen LogP contribution in [0.15, 0.2) is 36.9 Å². The van der Waals surface area contributed by atoms with Crippen LogP contribution in [0.3, 0.4) is 0 Å². The zero-order valence-electron chi connectivity index (χ0n) is 11.6. The number of hydrogen-bond donors (Lipinski definition) is 1. The lowest BCUT2D eigenvalue weighted by Gasteiger charge is -2.13. The fourth-order valence-corrected chi connectivity index (χ4v) is 1.92. The molecule has 1 aromatic carbocycles. The molecule has 0 saturated carbocycles. The van der Waals surface area contributed by atoms with Gasteiger partial charge in [0.2, 0.25) is 5.91 Å². The van der Waals surface area contributed by atoms with Gasteiger partial charge >= 0.3 is 0 Å². The smallest absolute Gasteiger partial charge is 0.244 e. The molecule has 1 aromatic heterocycles. The minimum absolute atomic E-state index is 0.0783. The average Bonchev–Trinajstić information content (AvgIpc) is 3.01. The highest BCUT2D eigenvalue weighted by atomic mass is 16.5. The first-order valence-electron chi connectivity index (χ1n) is 6.46. The van der Waals surface area contributed by atoms with Gasteiger partial charge in [-0.05, 0) is 25.0 Å². The molecule has 1 atom stereocenters. The third-order valence-corrected chi connectivity index (χ3v) is 3.10. The number of benzene rings is 1. The van der Waals surface area contributed by atoms with E-state index in [1.54, 1.807) is 14.0 Å². The first-order valence-corrected chi connectivity index (χ1v) is 6.46. The monoisotopic (exact) mass is 274 g/mol. The molecule has 0 aliphatic heterocycles. The van der Waals surface area contributed by atoms with Crippen LogP contribution in [0.4, 0.5) is 0 Å². The summed E-state index contributed by atoms with van der Waals surface area (Å²) in [6.07, 6.45) is 3.67. The Bertz CT molecular complexity index is 554. The van der Waals surface area contributed by atoms with Gasteiger partial charge in [0.15, 0.2) is 0 Å². The van der Waals surface area contributed by atoms with Gasteiger partial charge in [-0.2, -0.15) is 5.10 Å². The molecule has 0 aliphatic carbocycles. The molecule has 106 valence electrons. The summed E-state index contributed by atoms with van der Waals surface area (Å²) in [5.41, 5.74) is 1.07. The van der Waals surface area contributed by atoms with Gasteiger partial charge in [0.1, 0.15) is 24.4 Å². The Morgan fingerprint density at radius 3 is 2.95 bits per heavy atom. The van der Waals surface area contributed by atoms with E-state index in [4.69, 9.17) is 4.74 Å². The third kappa shape index (κ3) is 3.34. The van der Waals surface area contributed by atoms with Gasteiger partial charge in [0, 0.05) is 6.54 Å². The Morgan fingerprint density at radius 1 is 1.45 bits per heavy atom. The minimum atomic E-state index is -0.366. The summed E-state index contributed by atoms with van der Waals surface area (Å²) in [5.74, 6) is 0.761. The normalized spacial score (nSPS) is 11.9. The van der Waals surface area contributed by atoms with E-state index < -0.39 is 0 Å². The van der Waals surface area contributed by atoms with Crippen molar-refractivity contribution >= 4 is 5.91 Å². The Kier molecular flexibility index (Phi) is 4.70. The van der Waals surface area contributed by atoms with Crippen LogP contribution in [0.5, 0.6) is 5.75 Å². The second-order valence-corrected chi connectivity index (χ2v) is 4.40. The average molecular weight is 274 g/mol. The van der Waals surface area contributed by atoms with Crippen molar-refractivity contribution in [3.05, 3.63) is 42.5 Å². The SMILES string of the molecule is COc1ccccc1CCNC(=O)[C@H](C)n1cncn1. The lowest BCUT2D eigenvalue weighted by Crippen LogP contribution is -2.32. The number of ether oxygens (including phenoxy) is 1. The number of rotatable bonds is 6. The van der Waals surface area contributed by atoms with E-state index in [-0.39, 0.29) is 11.9 Å². The highest BCUT2D eigenvalue weighted by Crippen LogP contribution is 2.17. The van der Waals surface area contributed by atoms with E-state index >= 15 is 0 Å². The summed E-state index contributed by atoms with van der Waals surface area (Å²) in [7, 11) is 1.64. The molecule has 0 fully saturated rings. The van der Waals surface area contributed by atoms with Crippen LogP contribution in [0.1, 0.15) is 18.5 Å². The standard InChI is InChI=1S/C14H18N4O2/c1-11(18-10-15-9-17-18)14(19)16-8-7-12-5-3-4-6-13(12)20-2/h3-6,9-11H,7-8H2,1-2H3,(H,16,19)/t11-/m0/s1. The molecule has 0 saturated heterocycles. The molecule has 0 unspecified atom stereocenters. The molecule has 0 aliphatic rings. The highest BCUT2D eigenvalue weighted by molar-refractivity contribution is 5.79. The summed E-state index contributed by atoms with van der Waals surface area (Å²) in [6, 6.07) is 7.42. The Labute approximate surface area is 117 Å². The number of carbonyl (C=O) groups is 1. The van der Waals surface area contributed by atoms with E-state index in [1.807, 2.05) is 24.3 Å². The number of carbonyl (C=O) groups excluding carboxylic acids is 1. The number of nitrogens with one attached hydrogen (secondary N) is 1.